The second-order valence-corrected chi connectivity index (χ2v) is 3.31. The van der Waals surface area contributed by atoms with Gasteiger partial charge in [0.15, 0.2) is 0 Å². The minimum absolute atomic E-state index is 0.432. The third kappa shape index (κ3) is 3.60. The monoisotopic (exact) mass is 192 g/mol. The zero-order valence-corrected chi connectivity index (χ0v) is 9.45. The maximum atomic E-state index is 4.00. The molecule has 0 aromatic heterocycles. The summed E-state index contributed by atoms with van der Waals surface area (Å²) in [5.41, 5.74) is 1.76. The fourth-order valence-corrected chi connectivity index (χ4v) is 1.27. The van der Waals surface area contributed by atoms with Crippen LogP contribution in [-0.2, 0) is 0 Å². The number of nitrogens with zero attached hydrogens (tertiary/aromatic N) is 2. The Morgan fingerprint density at radius 3 is 2.36 bits per heavy atom. The van der Waals surface area contributed by atoms with Gasteiger partial charge in [-0.05, 0) is 20.8 Å². The van der Waals surface area contributed by atoms with Crippen molar-refractivity contribution in [2.24, 2.45) is 4.99 Å². The summed E-state index contributed by atoms with van der Waals surface area (Å²) in [5.74, 6) is 0. The number of allylic oxidation sites excluding steroid dienone is 1. The molecular formula is C12H20N2. The highest BCUT2D eigenvalue weighted by molar-refractivity contribution is 5.83. The molecule has 0 radical (unpaired) electrons. The molecule has 0 fully saturated rings. The number of aliphatic imine (C=N–C) groups is 1. The molecule has 0 bridgehead atoms. The van der Waals surface area contributed by atoms with Gasteiger partial charge < -0.3 is 4.90 Å². The largest absolute Gasteiger partial charge is 0.369 e. The van der Waals surface area contributed by atoms with E-state index in [0.717, 1.165) is 17.8 Å². The molecule has 0 unspecified atom stereocenters. The van der Waals surface area contributed by atoms with E-state index in [1.165, 1.54) is 6.20 Å². The van der Waals surface area contributed by atoms with Gasteiger partial charge in [0.2, 0.25) is 0 Å². The summed E-state index contributed by atoms with van der Waals surface area (Å²) in [6.45, 7) is 18.7. The van der Waals surface area contributed by atoms with Crippen LogP contribution in [-0.4, -0.2) is 23.7 Å². The van der Waals surface area contributed by atoms with Gasteiger partial charge in [0.25, 0.3) is 0 Å². The Bertz CT molecular complexity index is 249. The van der Waals surface area contributed by atoms with Gasteiger partial charge in [-0.15, -0.1) is 0 Å². The van der Waals surface area contributed by atoms with Crippen molar-refractivity contribution in [1.82, 2.24) is 4.90 Å². The average molecular weight is 192 g/mol. The van der Waals surface area contributed by atoms with Crippen molar-refractivity contribution >= 4 is 6.21 Å². The zero-order chi connectivity index (χ0) is 11.1. The number of rotatable bonds is 6. The van der Waals surface area contributed by atoms with Crippen molar-refractivity contribution in [3.63, 3.8) is 0 Å². The molecule has 0 heterocycles. The van der Waals surface area contributed by atoms with Crippen LogP contribution < -0.4 is 0 Å². The van der Waals surface area contributed by atoms with Crippen LogP contribution in [0.25, 0.3) is 0 Å². The maximum Gasteiger partial charge on any atom is 0.0378 e. The highest BCUT2D eigenvalue weighted by Gasteiger charge is 2.10. The van der Waals surface area contributed by atoms with Gasteiger partial charge in [-0.25, -0.2) is 0 Å². The Morgan fingerprint density at radius 2 is 2.00 bits per heavy atom. The van der Waals surface area contributed by atoms with E-state index in [9.17, 15) is 0 Å². The van der Waals surface area contributed by atoms with Crippen molar-refractivity contribution in [3.8, 4) is 0 Å². The molecule has 78 valence electrons. The number of likely N-dealkylation sites (N-methyl/N-ethyl adjacent to an activating group) is 1. The molecule has 0 atom stereocenters. The lowest BCUT2D eigenvalue weighted by Gasteiger charge is -2.29. The van der Waals surface area contributed by atoms with Crippen molar-refractivity contribution in [3.05, 3.63) is 37.2 Å². The quantitative estimate of drug-likeness (QED) is 0.466. The van der Waals surface area contributed by atoms with Crippen LogP contribution in [0.3, 0.4) is 0 Å². The molecule has 0 spiro atoms. The standard InChI is InChI=1S/C12H20N2/c1-7-13-9-11(5)12(6)14(8-2)10(3)4/h7,9-10H,1,5-6,8H2,2-4H3. The number of hydrogen-bond acceptors (Lipinski definition) is 2. The fourth-order valence-electron chi connectivity index (χ4n) is 1.27. The number of hydrogen-bond donors (Lipinski definition) is 0. The Labute approximate surface area is 87.3 Å². The average Bonchev–Trinajstić information content (AvgIpc) is 2.14. The summed E-state index contributed by atoms with van der Waals surface area (Å²) in [5, 5.41) is 0. The van der Waals surface area contributed by atoms with E-state index in [1.54, 1.807) is 6.21 Å². The summed E-state index contributed by atoms with van der Waals surface area (Å²) in [6.07, 6.45) is 3.17. The topological polar surface area (TPSA) is 15.6 Å². The van der Waals surface area contributed by atoms with E-state index in [0.29, 0.717) is 6.04 Å². The van der Waals surface area contributed by atoms with Crippen LogP contribution in [0, 0.1) is 0 Å². The Kier molecular flexibility index (Phi) is 5.61. The Hall–Kier alpha value is -1.31. The van der Waals surface area contributed by atoms with E-state index < -0.39 is 0 Å². The molecular weight excluding hydrogens is 172 g/mol. The van der Waals surface area contributed by atoms with Crippen molar-refractivity contribution in [2.45, 2.75) is 26.8 Å². The lowest BCUT2D eigenvalue weighted by molar-refractivity contribution is 0.307. The first-order valence-electron chi connectivity index (χ1n) is 4.83. The second kappa shape index (κ2) is 6.19. The van der Waals surface area contributed by atoms with Crippen LogP contribution in [0.15, 0.2) is 42.2 Å². The zero-order valence-electron chi connectivity index (χ0n) is 9.45. The fraction of sp³-hybridized carbons (Fsp3) is 0.417. The Morgan fingerprint density at radius 1 is 1.43 bits per heavy atom. The van der Waals surface area contributed by atoms with Gasteiger partial charge in [-0.1, -0.05) is 19.7 Å². The van der Waals surface area contributed by atoms with Crippen molar-refractivity contribution in [1.29, 1.82) is 0 Å². The van der Waals surface area contributed by atoms with Crippen LogP contribution in [0.2, 0.25) is 0 Å². The highest BCUT2D eigenvalue weighted by atomic mass is 15.2. The Balaban J connectivity index is 4.50. The predicted molar refractivity (Wildman–Crippen MR) is 64.5 cm³/mol. The van der Waals surface area contributed by atoms with E-state index in [-0.39, 0.29) is 0 Å². The molecule has 0 rings (SSSR count). The molecule has 0 aliphatic rings. The first-order chi connectivity index (χ1) is 6.54. The third-order valence-electron chi connectivity index (χ3n) is 2.02. The first-order valence-corrected chi connectivity index (χ1v) is 4.83. The van der Waals surface area contributed by atoms with Crippen LogP contribution in [0.4, 0.5) is 0 Å². The van der Waals surface area contributed by atoms with Crippen molar-refractivity contribution < 1.29 is 0 Å². The summed E-state index contributed by atoms with van der Waals surface area (Å²) in [6, 6.07) is 0.432. The van der Waals surface area contributed by atoms with E-state index in [4.69, 9.17) is 0 Å². The van der Waals surface area contributed by atoms with Gasteiger partial charge >= 0.3 is 0 Å². The summed E-state index contributed by atoms with van der Waals surface area (Å²) < 4.78 is 0. The van der Waals surface area contributed by atoms with E-state index >= 15 is 0 Å². The van der Waals surface area contributed by atoms with Gasteiger partial charge in [0.1, 0.15) is 0 Å². The molecule has 0 aliphatic carbocycles. The molecule has 0 N–H and O–H groups in total. The molecule has 0 saturated carbocycles. The van der Waals surface area contributed by atoms with Gasteiger partial charge in [0, 0.05) is 36.3 Å². The van der Waals surface area contributed by atoms with Gasteiger partial charge in [-0.3, -0.25) is 4.99 Å². The van der Waals surface area contributed by atoms with Crippen LogP contribution >= 0.6 is 0 Å². The van der Waals surface area contributed by atoms with Crippen LogP contribution in [0.5, 0.6) is 0 Å². The lowest BCUT2D eigenvalue weighted by atomic mass is 10.2. The van der Waals surface area contributed by atoms with E-state index in [2.05, 4.69) is 50.4 Å². The molecule has 0 aliphatic heterocycles. The van der Waals surface area contributed by atoms with Crippen molar-refractivity contribution in [2.75, 3.05) is 6.54 Å². The molecule has 2 nitrogen and oxygen atoms in total. The minimum Gasteiger partial charge on any atom is -0.369 e. The molecule has 2 heteroatoms. The summed E-state index contributed by atoms with van der Waals surface area (Å²) in [4.78, 5) is 6.10. The predicted octanol–water partition coefficient (Wildman–Crippen LogP) is 3.00. The molecule has 0 aromatic rings. The highest BCUT2D eigenvalue weighted by Crippen LogP contribution is 2.13. The molecule has 0 aromatic carbocycles. The second-order valence-electron chi connectivity index (χ2n) is 3.31. The molecule has 0 saturated heterocycles. The van der Waals surface area contributed by atoms with Gasteiger partial charge in [-0.2, -0.15) is 0 Å². The third-order valence-corrected chi connectivity index (χ3v) is 2.02. The lowest BCUT2D eigenvalue weighted by Crippen LogP contribution is -2.30. The van der Waals surface area contributed by atoms with Gasteiger partial charge in [0.05, 0.1) is 0 Å². The minimum atomic E-state index is 0.432. The molecule has 0 amide bonds. The van der Waals surface area contributed by atoms with Crippen LogP contribution in [0.1, 0.15) is 20.8 Å². The smallest absolute Gasteiger partial charge is 0.0378 e. The maximum absolute atomic E-state index is 4.00. The summed E-state index contributed by atoms with van der Waals surface area (Å²) >= 11 is 0. The summed E-state index contributed by atoms with van der Waals surface area (Å²) in [7, 11) is 0. The SMILES string of the molecule is C=CN=CC(=C)C(=C)N(CC)C(C)C. The van der Waals surface area contributed by atoms with E-state index in [1.807, 2.05) is 0 Å². The first kappa shape index (κ1) is 12.7. The molecule has 14 heavy (non-hydrogen) atoms. The normalized spacial score (nSPS) is 10.6.